The number of esters is 1. The standard InChI is InChI=1S/C26H28N2O3.C25H26N2O3.CH4O/c1-17-14-23(21-4-3-5-21)24(26(30)31-2)15-22(17)25(29)28-12-10-20(11-13-28)19-8-6-18(16-27)7-9-19;1-16-13-22(20-3-2-4-20)23(25(29)30)14-21(16)24(28)27-11-9-19(10-12-27)18-7-5-17(15-26)6-8-18;1-2/h6-9,14-15,20-21H,3-5,10-13H2,1-2H3;5-8,13-14,19-20H,2-4,9-12H2,1H3,(H,29,30);2H,1H3. The van der Waals surface area contributed by atoms with Gasteiger partial charge in [0.15, 0.2) is 0 Å². The highest BCUT2D eigenvalue weighted by Crippen LogP contribution is 2.41. The Morgan fingerprint density at radius 2 is 0.921 bits per heavy atom. The van der Waals surface area contributed by atoms with Gasteiger partial charge in [0.2, 0.25) is 0 Å². The summed E-state index contributed by atoms with van der Waals surface area (Å²) >= 11 is 0. The van der Waals surface area contributed by atoms with Gasteiger partial charge in [-0.3, -0.25) is 9.59 Å². The number of amides is 2. The predicted octanol–water partition coefficient (Wildman–Crippen LogP) is 9.40. The molecule has 2 saturated heterocycles. The minimum Gasteiger partial charge on any atom is -0.478 e. The number of piperidine rings is 2. The lowest BCUT2D eigenvalue weighted by Crippen LogP contribution is -2.38. The van der Waals surface area contributed by atoms with Gasteiger partial charge in [-0.25, -0.2) is 9.59 Å². The van der Waals surface area contributed by atoms with Crippen molar-refractivity contribution >= 4 is 23.8 Å². The van der Waals surface area contributed by atoms with Crippen molar-refractivity contribution in [2.45, 2.75) is 102 Å². The van der Waals surface area contributed by atoms with Crippen molar-refractivity contribution in [1.82, 2.24) is 9.80 Å². The molecule has 2 heterocycles. The Morgan fingerprint density at radius 1 is 0.556 bits per heavy atom. The fourth-order valence-corrected chi connectivity index (χ4v) is 9.34. The van der Waals surface area contributed by atoms with Crippen LogP contribution in [0.2, 0.25) is 0 Å². The van der Waals surface area contributed by atoms with Gasteiger partial charge in [-0.05, 0) is 159 Å². The molecule has 2 aliphatic carbocycles. The molecule has 328 valence electrons. The van der Waals surface area contributed by atoms with E-state index in [4.69, 9.17) is 20.4 Å². The van der Waals surface area contributed by atoms with E-state index in [1.165, 1.54) is 24.7 Å². The molecular formula is C52H58N4O7. The average molecular weight is 851 g/mol. The van der Waals surface area contributed by atoms with Crippen LogP contribution < -0.4 is 0 Å². The molecule has 2 amide bonds. The molecule has 4 aromatic carbocycles. The van der Waals surface area contributed by atoms with Gasteiger partial charge in [-0.15, -0.1) is 0 Å². The number of aromatic carboxylic acids is 1. The van der Waals surface area contributed by atoms with Crippen LogP contribution >= 0.6 is 0 Å². The maximum absolute atomic E-state index is 13.3. The van der Waals surface area contributed by atoms with Crippen LogP contribution in [0.1, 0.15) is 174 Å². The second-order valence-corrected chi connectivity index (χ2v) is 17.2. The van der Waals surface area contributed by atoms with E-state index < -0.39 is 5.97 Å². The quantitative estimate of drug-likeness (QED) is 0.164. The first-order valence-corrected chi connectivity index (χ1v) is 22.1. The van der Waals surface area contributed by atoms with Crippen LogP contribution in [0.15, 0.2) is 72.8 Å². The zero-order valence-electron chi connectivity index (χ0n) is 36.9. The van der Waals surface area contributed by atoms with Crippen molar-refractivity contribution in [3.05, 3.63) is 140 Å². The van der Waals surface area contributed by atoms with E-state index >= 15 is 0 Å². The number of benzene rings is 4. The smallest absolute Gasteiger partial charge is 0.338 e. The van der Waals surface area contributed by atoms with Crippen LogP contribution in [-0.4, -0.2) is 84.2 Å². The number of hydrogen-bond acceptors (Lipinski definition) is 8. The third-order valence-corrected chi connectivity index (χ3v) is 13.6. The third kappa shape index (κ3) is 10.5. The fourth-order valence-electron chi connectivity index (χ4n) is 9.34. The van der Waals surface area contributed by atoms with Crippen molar-refractivity contribution < 1.29 is 34.1 Å². The number of aliphatic hydroxyl groups is 1. The molecule has 11 heteroatoms. The summed E-state index contributed by atoms with van der Waals surface area (Å²) in [5, 5.41) is 34.6. The van der Waals surface area contributed by atoms with Crippen LogP contribution in [0.4, 0.5) is 0 Å². The van der Waals surface area contributed by atoms with E-state index in [0.29, 0.717) is 77.7 Å². The van der Waals surface area contributed by atoms with Crippen molar-refractivity contribution in [1.29, 1.82) is 10.5 Å². The number of aliphatic hydroxyl groups excluding tert-OH is 1. The van der Waals surface area contributed by atoms with Crippen molar-refractivity contribution in [3.63, 3.8) is 0 Å². The van der Waals surface area contributed by atoms with Gasteiger partial charge < -0.3 is 24.7 Å². The molecule has 2 N–H and O–H groups in total. The minimum atomic E-state index is -0.953. The highest BCUT2D eigenvalue weighted by atomic mass is 16.5. The molecule has 0 bridgehead atoms. The molecule has 63 heavy (non-hydrogen) atoms. The number of carboxylic acids is 1. The topological polar surface area (TPSA) is 172 Å². The second-order valence-electron chi connectivity index (χ2n) is 17.2. The van der Waals surface area contributed by atoms with Gasteiger partial charge in [0.1, 0.15) is 0 Å². The number of nitrogens with zero attached hydrogens (tertiary/aromatic N) is 4. The van der Waals surface area contributed by atoms with Crippen LogP contribution in [0.5, 0.6) is 0 Å². The number of hydrogen-bond donors (Lipinski definition) is 2. The molecule has 0 unspecified atom stereocenters. The van der Waals surface area contributed by atoms with Crippen LogP contribution in [0.25, 0.3) is 0 Å². The predicted molar refractivity (Wildman–Crippen MR) is 240 cm³/mol. The van der Waals surface area contributed by atoms with Crippen molar-refractivity contribution in [3.8, 4) is 12.1 Å². The van der Waals surface area contributed by atoms with Crippen molar-refractivity contribution in [2.24, 2.45) is 0 Å². The Hall–Kier alpha value is -6.30. The second kappa shape index (κ2) is 21.2. The molecule has 0 atom stereocenters. The van der Waals surface area contributed by atoms with Gasteiger partial charge >= 0.3 is 11.9 Å². The number of carbonyl (C=O) groups is 4. The first kappa shape index (κ1) is 46.2. The molecule has 4 aromatic rings. The zero-order chi connectivity index (χ0) is 45.2. The minimum absolute atomic E-state index is 0.0129. The highest BCUT2D eigenvalue weighted by molar-refractivity contribution is 6.01. The number of rotatable bonds is 8. The zero-order valence-corrected chi connectivity index (χ0v) is 36.9. The number of carboxylic acid groups (broad SMARTS) is 1. The number of aryl methyl sites for hydroxylation is 2. The van der Waals surface area contributed by atoms with Crippen molar-refractivity contribution in [2.75, 3.05) is 40.4 Å². The Balaban J connectivity index is 0.000000202. The summed E-state index contributed by atoms with van der Waals surface area (Å²) in [5.74, 6) is 0.0562. The van der Waals surface area contributed by atoms with E-state index in [1.54, 1.807) is 12.1 Å². The first-order valence-electron chi connectivity index (χ1n) is 22.1. The summed E-state index contributed by atoms with van der Waals surface area (Å²) in [4.78, 5) is 54.5. The Labute approximate surface area is 370 Å². The van der Waals surface area contributed by atoms with E-state index in [-0.39, 0.29) is 23.3 Å². The van der Waals surface area contributed by atoms with E-state index in [9.17, 15) is 24.3 Å². The monoisotopic (exact) mass is 850 g/mol. The Kier molecular flexibility index (Phi) is 15.5. The number of nitriles is 2. The molecular weight excluding hydrogens is 793 g/mol. The molecule has 0 aromatic heterocycles. The lowest BCUT2D eigenvalue weighted by atomic mass is 9.77. The number of likely N-dealkylation sites (tertiary alicyclic amines) is 2. The summed E-state index contributed by atoms with van der Waals surface area (Å²) < 4.78 is 5.01. The maximum atomic E-state index is 13.3. The molecule has 0 radical (unpaired) electrons. The fraction of sp³-hybridized carbons (Fsp3) is 0.423. The number of carbonyl (C=O) groups excluding carboxylic acids is 3. The van der Waals surface area contributed by atoms with E-state index in [0.717, 1.165) is 87.2 Å². The summed E-state index contributed by atoms with van der Waals surface area (Å²) in [6.45, 7) is 6.53. The normalized spacial score (nSPS) is 16.7. The number of ether oxygens (including phenoxy) is 1. The third-order valence-electron chi connectivity index (χ3n) is 13.6. The van der Waals surface area contributed by atoms with Crippen LogP contribution in [-0.2, 0) is 4.74 Å². The van der Waals surface area contributed by atoms with E-state index in [1.807, 2.05) is 84.3 Å². The molecule has 4 aliphatic rings. The largest absolute Gasteiger partial charge is 0.478 e. The van der Waals surface area contributed by atoms with Gasteiger partial charge in [0, 0.05) is 44.4 Å². The van der Waals surface area contributed by atoms with Crippen LogP contribution in [0.3, 0.4) is 0 Å². The molecule has 8 rings (SSSR count). The molecule has 2 saturated carbocycles. The lowest BCUT2D eigenvalue weighted by Gasteiger charge is -2.33. The lowest BCUT2D eigenvalue weighted by molar-refractivity contribution is 0.0596. The van der Waals surface area contributed by atoms with Gasteiger partial charge in [-0.2, -0.15) is 10.5 Å². The first-order chi connectivity index (χ1) is 30.5. The molecule has 2 aliphatic heterocycles. The van der Waals surface area contributed by atoms with Gasteiger partial charge in [0.05, 0.1) is 41.5 Å². The Bertz CT molecular complexity index is 2370. The SMILES string of the molecule is CO.COC(=O)c1cc(C(=O)N2CCC(c3ccc(C#N)cc3)CC2)c(C)cc1C1CCC1.Cc1cc(C2CCC2)c(C(=O)O)cc1C(=O)N1CCC(c2ccc(C#N)cc2)CC1. The summed E-state index contributed by atoms with van der Waals surface area (Å²) in [7, 11) is 2.39. The molecule has 0 spiro atoms. The average Bonchev–Trinajstić information content (AvgIpc) is 3.28. The molecule has 11 nitrogen and oxygen atoms in total. The van der Waals surface area contributed by atoms with Gasteiger partial charge in [0.25, 0.3) is 11.8 Å². The summed E-state index contributed by atoms with van der Waals surface area (Å²) in [6.07, 6.45) is 10.0. The Morgan fingerprint density at radius 3 is 1.24 bits per heavy atom. The maximum Gasteiger partial charge on any atom is 0.338 e. The van der Waals surface area contributed by atoms with E-state index in [2.05, 4.69) is 12.1 Å². The number of methoxy groups -OCH3 is 1. The van der Waals surface area contributed by atoms with Gasteiger partial charge in [-0.1, -0.05) is 49.2 Å². The molecule has 4 fully saturated rings. The summed E-state index contributed by atoms with van der Waals surface area (Å²) in [6, 6.07) is 27.0. The summed E-state index contributed by atoms with van der Waals surface area (Å²) in [5.41, 5.74) is 9.35. The highest BCUT2D eigenvalue weighted by Gasteiger charge is 2.32. The van der Waals surface area contributed by atoms with Crippen LogP contribution in [0, 0.1) is 36.5 Å².